The summed E-state index contributed by atoms with van der Waals surface area (Å²) in [7, 11) is 1.23. The summed E-state index contributed by atoms with van der Waals surface area (Å²) < 4.78 is 14.5. The molecular formula is C12H11NO4. The summed E-state index contributed by atoms with van der Waals surface area (Å²) in [5.74, 6) is 0.456. The van der Waals surface area contributed by atoms with Crippen LogP contribution in [-0.4, -0.2) is 18.2 Å². The van der Waals surface area contributed by atoms with E-state index in [2.05, 4.69) is 9.72 Å². The van der Waals surface area contributed by atoms with E-state index in [0.29, 0.717) is 11.6 Å². The molecule has 0 spiro atoms. The van der Waals surface area contributed by atoms with Crippen LogP contribution in [0, 0.1) is 6.92 Å². The zero-order valence-corrected chi connectivity index (χ0v) is 9.47. The first kappa shape index (κ1) is 11.2. The van der Waals surface area contributed by atoms with Crippen LogP contribution in [0.5, 0.6) is 5.95 Å². The van der Waals surface area contributed by atoms with Crippen molar-refractivity contribution < 1.29 is 18.7 Å². The molecular weight excluding hydrogens is 222 g/mol. The topological polar surface area (TPSA) is 61.6 Å². The van der Waals surface area contributed by atoms with Crippen LogP contribution in [0.25, 0.3) is 11.5 Å². The minimum absolute atomic E-state index is 0.0516. The van der Waals surface area contributed by atoms with Gasteiger partial charge in [0.2, 0.25) is 5.89 Å². The van der Waals surface area contributed by atoms with E-state index in [4.69, 9.17) is 9.15 Å². The molecule has 0 saturated carbocycles. The SMILES string of the molecule is COC(=O)Oc1oc(-c2ccccc2)nc1C. The van der Waals surface area contributed by atoms with E-state index in [1.807, 2.05) is 30.3 Å². The Morgan fingerprint density at radius 1 is 1.29 bits per heavy atom. The fourth-order valence-electron chi connectivity index (χ4n) is 1.30. The van der Waals surface area contributed by atoms with Gasteiger partial charge in [0.1, 0.15) is 5.69 Å². The van der Waals surface area contributed by atoms with Crippen LogP contribution in [0.2, 0.25) is 0 Å². The van der Waals surface area contributed by atoms with E-state index in [0.717, 1.165) is 5.56 Å². The molecule has 5 heteroatoms. The number of aryl methyl sites for hydroxylation is 1. The van der Waals surface area contributed by atoms with Gasteiger partial charge in [-0.15, -0.1) is 0 Å². The van der Waals surface area contributed by atoms with Crippen LogP contribution in [0.3, 0.4) is 0 Å². The maximum Gasteiger partial charge on any atom is 0.516 e. The molecule has 0 radical (unpaired) electrons. The van der Waals surface area contributed by atoms with Gasteiger partial charge < -0.3 is 13.9 Å². The minimum atomic E-state index is -0.830. The van der Waals surface area contributed by atoms with E-state index < -0.39 is 6.16 Å². The molecule has 0 N–H and O–H groups in total. The highest BCUT2D eigenvalue weighted by atomic mass is 16.7. The van der Waals surface area contributed by atoms with E-state index in [1.54, 1.807) is 6.92 Å². The molecule has 0 atom stereocenters. The van der Waals surface area contributed by atoms with Gasteiger partial charge in [-0.1, -0.05) is 18.2 Å². The molecule has 88 valence electrons. The first-order chi connectivity index (χ1) is 8.20. The van der Waals surface area contributed by atoms with Crippen molar-refractivity contribution in [3.8, 4) is 17.4 Å². The van der Waals surface area contributed by atoms with Crippen molar-refractivity contribution in [1.82, 2.24) is 4.98 Å². The molecule has 0 amide bonds. The lowest BCUT2D eigenvalue weighted by Gasteiger charge is -1.97. The molecule has 0 bridgehead atoms. The molecule has 0 aliphatic heterocycles. The summed E-state index contributed by atoms with van der Waals surface area (Å²) >= 11 is 0. The number of carbonyl (C=O) groups excluding carboxylic acids is 1. The van der Waals surface area contributed by atoms with Crippen molar-refractivity contribution in [2.45, 2.75) is 6.92 Å². The summed E-state index contributed by atoms with van der Waals surface area (Å²) in [5.41, 5.74) is 1.31. The lowest BCUT2D eigenvalue weighted by atomic mass is 10.2. The van der Waals surface area contributed by atoms with Crippen molar-refractivity contribution in [3.05, 3.63) is 36.0 Å². The fraction of sp³-hybridized carbons (Fsp3) is 0.167. The molecule has 0 saturated heterocycles. The standard InChI is InChI=1S/C12H11NO4/c1-8-11(17-12(14)15-2)16-10(13-8)9-6-4-3-5-7-9/h3-7H,1-2H3. The average Bonchev–Trinajstić information content (AvgIpc) is 2.72. The van der Waals surface area contributed by atoms with Crippen molar-refractivity contribution >= 4 is 6.16 Å². The van der Waals surface area contributed by atoms with Crippen LogP contribution < -0.4 is 4.74 Å². The Morgan fingerprint density at radius 3 is 2.65 bits per heavy atom. The second-order valence-electron chi connectivity index (χ2n) is 3.31. The summed E-state index contributed by atoms with van der Waals surface area (Å²) in [5, 5.41) is 0. The molecule has 1 aromatic carbocycles. The van der Waals surface area contributed by atoms with Crippen LogP contribution in [-0.2, 0) is 4.74 Å². The summed E-state index contributed by atoms with van der Waals surface area (Å²) in [6.45, 7) is 1.69. The number of hydrogen-bond donors (Lipinski definition) is 0. The van der Waals surface area contributed by atoms with Gasteiger partial charge >= 0.3 is 12.1 Å². The van der Waals surface area contributed by atoms with Crippen LogP contribution in [0.4, 0.5) is 4.79 Å². The van der Waals surface area contributed by atoms with Gasteiger partial charge in [0, 0.05) is 5.56 Å². The zero-order valence-electron chi connectivity index (χ0n) is 9.47. The first-order valence-corrected chi connectivity index (χ1v) is 4.99. The lowest BCUT2D eigenvalue weighted by molar-refractivity contribution is 0.111. The Labute approximate surface area is 98.0 Å². The summed E-state index contributed by atoms with van der Waals surface area (Å²) in [6, 6.07) is 9.34. The highest BCUT2D eigenvalue weighted by Crippen LogP contribution is 2.26. The third-order valence-corrected chi connectivity index (χ3v) is 2.12. The number of oxazole rings is 1. The van der Waals surface area contributed by atoms with Gasteiger partial charge in [0.25, 0.3) is 0 Å². The number of methoxy groups -OCH3 is 1. The van der Waals surface area contributed by atoms with Crippen molar-refractivity contribution in [2.24, 2.45) is 0 Å². The molecule has 2 rings (SSSR count). The van der Waals surface area contributed by atoms with Crippen LogP contribution in [0.1, 0.15) is 5.69 Å². The van der Waals surface area contributed by atoms with Gasteiger partial charge in [0.05, 0.1) is 7.11 Å². The van der Waals surface area contributed by atoms with E-state index >= 15 is 0 Å². The Balaban J connectivity index is 2.28. The Bertz CT molecular complexity index is 519. The minimum Gasteiger partial charge on any atom is -0.437 e. The number of benzene rings is 1. The smallest absolute Gasteiger partial charge is 0.437 e. The molecule has 17 heavy (non-hydrogen) atoms. The number of ether oxygens (including phenoxy) is 2. The highest BCUT2D eigenvalue weighted by molar-refractivity contribution is 5.63. The third kappa shape index (κ3) is 2.44. The monoisotopic (exact) mass is 233 g/mol. The molecule has 2 aromatic rings. The number of carbonyl (C=O) groups is 1. The zero-order chi connectivity index (χ0) is 12.3. The number of rotatable bonds is 2. The Kier molecular flexibility index (Phi) is 3.09. The van der Waals surface area contributed by atoms with E-state index in [9.17, 15) is 4.79 Å². The van der Waals surface area contributed by atoms with Gasteiger partial charge in [-0.05, 0) is 19.1 Å². The molecule has 5 nitrogen and oxygen atoms in total. The van der Waals surface area contributed by atoms with Gasteiger partial charge in [0.15, 0.2) is 0 Å². The largest absolute Gasteiger partial charge is 0.516 e. The fourth-order valence-corrected chi connectivity index (χ4v) is 1.30. The second-order valence-corrected chi connectivity index (χ2v) is 3.31. The number of hydrogen-bond acceptors (Lipinski definition) is 5. The maximum atomic E-state index is 10.9. The lowest BCUT2D eigenvalue weighted by Crippen LogP contribution is -2.07. The van der Waals surface area contributed by atoms with Crippen LogP contribution in [0.15, 0.2) is 34.7 Å². The van der Waals surface area contributed by atoms with Crippen molar-refractivity contribution in [2.75, 3.05) is 7.11 Å². The Morgan fingerprint density at radius 2 is 2.00 bits per heavy atom. The second kappa shape index (κ2) is 4.69. The predicted molar refractivity (Wildman–Crippen MR) is 59.7 cm³/mol. The maximum absolute atomic E-state index is 10.9. The third-order valence-electron chi connectivity index (χ3n) is 2.12. The van der Waals surface area contributed by atoms with Crippen molar-refractivity contribution in [1.29, 1.82) is 0 Å². The number of aromatic nitrogens is 1. The summed E-state index contributed by atoms with van der Waals surface area (Å²) in [6.07, 6.45) is -0.830. The number of nitrogens with zero attached hydrogens (tertiary/aromatic N) is 1. The van der Waals surface area contributed by atoms with Gasteiger partial charge in [-0.2, -0.15) is 0 Å². The highest BCUT2D eigenvalue weighted by Gasteiger charge is 2.15. The molecule has 1 heterocycles. The van der Waals surface area contributed by atoms with E-state index in [-0.39, 0.29) is 5.95 Å². The molecule has 1 aromatic heterocycles. The molecule has 0 aliphatic rings. The quantitative estimate of drug-likeness (QED) is 0.746. The predicted octanol–water partition coefficient (Wildman–Crippen LogP) is 2.80. The Hall–Kier alpha value is -2.30. The molecule has 0 aliphatic carbocycles. The molecule has 0 unspecified atom stereocenters. The molecule has 0 fully saturated rings. The first-order valence-electron chi connectivity index (χ1n) is 4.99. The van der Waals surface area contributed by atoms with E-state index in [1.165, 1.54) is 7.11 Å². The van der Waals surface area contributed by atoms with Gasteiger partial charge in [-0.3, -0.25) is 0 Å². The van der Waals surface area contributed by atoms with Gasteiger partial charge in [-0.25, -0.2) is 9.78 Å². The van der Waals surface area contributed by atoms with Crippen LogP contribution >= 0.6 is 0 Å². The van der Waals surface area contributed by atoms with Crippen molar-refractivity contribution in [3.63, 3.8) is 0 Å². The normalized spacial score (nSPS) is 10.0. The summed E-state index contributed by atoms with van der Waals surface area (Å²) in [4.78, 5) is 15.1. The average molecular weight is 233 g/mol.